The fourth-order valence-electron chi connectivity index (χ4n) is 2.12. The van der Waals surface area contributed by atoms with Crippen LogP contribution in [-0.2, 0) is 9.53 Å². The van der Waals surface area contributed by atoms with Gasteiger partial charge in [0, 0.05) is 10.2 Å². The van der Waals surface area contributed by atoms with Crippen molar-refractivity contribution in [3.8, 4) is 6.07 Å². The summed E-state index contributed by atoms with van der Waals surface area (Å²) in [5.41, 5.74) is 5.26. The number of hydrogen-bond acceptors (Lipinski definition) is 5. The summed E-state index contributed by atoms with van der Waals surface area (Å²) in [6.07, 6.45) is 1.83. The van der Waals surface area contributed by atoms with Gasteiger partial charge in [0.05, 0.1) is 11.6 Å². The Bertz CT molecular complexity index is 652. The van der Waals surface area contributed by atoms with E-state index in [9.17, 15) is 14.9 Å². The lowest BCUT2D eigenvalue weighted by Gasteiger charge is -2.22. The van der Waals surface area contributed by atoms with Crippen molar-refractivity contribution in [2.75, 3.05) is 12.3 Å². The fraction of sp³-hybridized carbons (Fsp3) is 0.400. The molecule has 1 saturated carbocycles. The summed E-state index contributed by atoms with van der Waals surface area (Å²) < 4.78 is 5.64. The van der Waals surface area contributed by atoms with Crippen molar-refractivity contribution in [2.45, 2.75) is 25.3 Å². The van der Waals surface area contributed by atoms with Crippen LogP contribution in [0.1, 0.15) is 30.1 Å². The summed E-state index contributed by atoms with van der Waals surface area (Å²) in [5, 5.41) is 11.8. The highest BCUT2D eigenvalue weighted by Crippen LogP contribution is 2.39. The Hall–Kier alpha value is -2.07. The van der Waals surface area contributed by atoms with E-state index in [1.807, 2.05) is 0 Å². The summed E-state index contributed by atoms with van der Waals surface area (Å²) in [5.74, 6) is -1.02. The summed E-state index contributed by atoms with van der Waals surface area (Å²) in [6, 6.07) is 6.91. The number of nitrogen functional groups attached to an aromatic ring is 1. The number of carbonyl (C=O) groups is 2. The van der Waals surface area contributed by atoms with E-state index in [1.165, 1.54) is 6.07 Å². The number of anilines is 1. The second kappa shape index (κ2) is 6.36. The van der Waals surface area contributed by atoms with E-state index in [-0.39, 0.29) is 17.2 Å². The van der Waals surface area contributed by atoms with Gasteiger partial charge in [0.1, 0.15) is 5.54 Å². The van der Waals surface area contributed by atoms with Crippen molar-refractivity contribution in [1.82, 2.24) is 5.32 Å². The van der Waals surface area contributed by atoms with Crippen molar-refractivity contribution in [2.24, 2.45) is 5.92 Å². The SMILES string of the molecule is C[C@](C#N)(NC(=O)COC(=O)c1cc(Br)ccc1N)C1CC1. The van der Waals surface area contributed by atoms with Crippen molar-refractivity contribution in [3.05, 3.63) is 28.2 Å². The molecule has 1 fully saturated rings. The molecule has 0 aliphatic heterocycles. The summed E-state index contributed by atoms with van der Waals surface area (Å²) in [7, 11) is 0. The average Bonchev–Trinajstić information content (AvgIpc) is 3.32. The van der Waals surface area contributed by atoms with Gasteiger partial charge < -0.3 is 15.8 Å². The number of nitrogens with two attached hydrogens (primary N) is 1. The van der Waals surface area contributed by atoms with E-state index in [4.69, 9.17) is 10.5 Å². The van der Waals surface area contributed by atoms with Gasteiger partial charge in [-0.3, -0.25) is 4.79 Å². The largest absolute Gasteiger partial charge is 0.452 e. The Labute approximate surface area is 136 Å². The fourth-order valence-corrected chi connectivity index (χ4v) is 2.48. The molecule has 0 heterocycles. The average molecular weight is 366 g/mol. The zero-order chi connectivity index (χ0) is 16.3. The van der Waals surface area contributed by atoms with Gasteiger partial charge in [0.25, 0.3) is 5.91 Å². The van der Waals surface area contributed by atoms with Crippen molar-refractivity contribution in [1.29, 1.82) is 5.26 Å². The third-order valence-corrected chi connectivity index (χ3v) is 4.09. The summed E-state index contributed by atoms with van der Waals surface area (Å²) >= 11 is 3.24. The standard InChI is InChI=1S/C15H16BrN3O3/c1-15(8-17,9-2-3-9)19-13(20)7-22-14(21)11-6-10(16)4-5-12(11)18/h4-6,9H,2-3,7,18H2,1H3,(H,19,20)/t15-/m1/s1. The van der Waals surface area contributed by atoms with Gasteiger partial charge in [-0.05, 0) is 43.9 Å². The lowest BCUT2D eigenvalue weighted by Crippen LogP contribution is -2.48. The normalized spacial score (nSPS) is 16.2. The zero-order valence-corrected chi connectivity index (χ0v) is 13.6. The third-order valence-electron chi connectivity index (χ3n) is 3.59. The number of hydrogen-bond donors (Lipinski definition) is 2. The Morgan fingerprint density at radius 2 is 2.23 bits per heavy atom. The van der Waals surface area contributed by atoms with Crippen LogP contribution >= 0.6 is 15.9 Å². The Morgan fingerprint density at radius 1 is 1.55 bits per heavy atom. The van der Waals surface area contributed by atoms with Crippen LogP contribution in [0.4, 0.5) is 5.69 Å². The van der Waals surface area contributed by atoms with Crippen LogP contribution in [-0.4, -0.2) is 24.0 Å². The predicted octanol–water partition coefficient (Wildman–Crippen LogP) is 2.00. The number of nitriles is 1. The first-order valence-electron chi connectivity index (χ1n) is 6.80. The molecule has 6 nitrogen and oxygen atoms in total. The quantitative estimate of drug-likeness (QED) is 0.613. The minimum Gasteiger partial charge on any atom is -0.452 e. The third kappa shape index (κ3) is 3.77. The summed E-state index contributed by atoms with van der Waals surface area (Å²) in [4.78, 5) is 23.8. The molecule has 0 saturated heterocycles. The molecule has 0 spiro atoms. The predicted molar refractivity (Wildman–Crippen MR) is 83.7 cm³/mol. The maximum absolute atomic E-state index is 11.9. The van der Waals surface area contributed by atoms with E-state index in [2.05, 4.69) is 27.3 Å². The minimum atomic E-state index is -0.904. The molecule has 1 aromatic rings. The van der Waals surface area contributed by atoms with Gasteiger partial charge >= 0.3 is 5.97 Å². The number of benzene rings is 1. The van der Waals surface area contributed by atoms with E-state index in [1.54, 1.807) is 19.1 Å². The molecule has 0 bridgehead atoms. The van der Waals surface area contributed by atoms with E-state index < -0.39 is 24.0 Å². The number of esters is 1. The molecule has 1 amide bonds. The monoisotopic (exact) mass is 365 g/mol. The van der Waals surface area contributed by atoms with Crippen LogP contribution < -0.4 is 11.1 Å². The topological polar surface area (TPSA) is 105 Å². The first-order chi connectivity index (χ1) is 10.4. The van der Waals surface area contributed by atoms with Crippen LogP contribution in [0.25, 0.3) is 0 Å². The Morgan fingerprint density at radius 3 is 2.82 bits per heavy atom. The lowest BCUT2D eigenvalue weighted by molar-refractivity contribution is -0.125. The van der Waals surface area contributed by atoms with Gasteiger partial charge in [-0.2, -0.15) is 5.26 Å². The second-order valence-corrected chi connectivity index (χ2v) is 6.36. The van der Waals surface area contributed by atoms with Crippen molar-refractivity contribution < 1.29 is 14.3 Å². The first kappa shape index (κ1) is 16.3. The molecule has 2 rings (SSSR count). The molecule has 0 unspecified atom stereocenters. The number of carbonyl (C=O) groups excluding carboxylic acids is 2. The smallest absolute Gasteiger partial charge is 0.340 e. The molecule has 116 valence electrons. The van der Waals surface area contributed by atoms with Gasteiger partial charge in [0.2, 0.25) is 0 Å². The van der Waals surface area contributed by atoms with Crippen LogP contribution in [0.15, 0.2) is 22.7 Å². The van der Waals surface area contributed by atoms with Gasteiger partial charge in [-0.1, -0.05) is 15.9 Å². The highest BCUT2D eigenvalue weighted by Gasteiger charge is 2.43. The van der Waals surface area contributed by atoms with Crippen molar-refractivity contribution in [3.63, 3.8) is 0 Å². The molecule has 22 heavy (non-hydrogen) atoms. The van der Waals surface area contributed by atoms with Crippen LogP contribution in [0.2, 0.25) is 0 Å². The molecule has 1 aliphatic carbocycles. The highest BCUT2D eigenvalue weighted by molar-refractivity contribution is 9.10. The molecule has 0 radical (unpaired) electrons. The van der Waals surface area contributed by atoms with E-state index in [0.717, 1.165) is 12.8 Å². The number of halogens is 1. The van der Waals surface area contributed by atoms with Crippen LogP contribution in [0.3, 0.4) is 0 Å². The van der Waals surface area contributed by atoms with Gasteiger partial charge in [-0.25, -0.2) is 4.79 Å². The van der Waals surface area contributed by atoms with E-state index >= 15 is 0 Å². The van der Waals surface area contributed by atoms with Crippen LogP contribution in [0.5, 0.6) is 0 Å². The zero-order valence-electron chi connectivity index (χ0n) is 12.1. The van der Waals surface area contributed by atoms with Crippen molar-refractivity contribution >= 4 is 33.5 Å². The maximum atomic E-state index is 11.9. The Kier molecular flexibility index (Phi) is 4.71. The van der Waals surface area contributed by atoms with Crippen LogP contribution in [0, 0.1) is 17.2 Å². The highest BCUT2D eigenvalue weighted by atomic mass is 79.9. The lowest BCUT2D eigenvalue weighted by atomic mass is 9.98. The molecule has 1 aliphatic rings. The Balaban J connectivity index is 1.92. The number of nitrogens with one attached hydrogen (secondary N) is 1. The van der Waals surface area contributed by atoms with E-state index in [0.29, 0.717) is 4.47 Å². The number of rotatable bonds is 5. The molecular formula is C15H16BrN3O3. The van der Waals surface area contributed by atoms with Gasteiger partial charge in [0.15, 0.2) is 6.61 Å². The number of ether oxygens (including phenoxy) is 1. The minimum absolute atomic E-state index is 0.165. The second-order valence-electron chi connectivity index (χ2n) is 5.44. The van der Waals surface area contributed by atoms with Gasteiger partial charge in [-0.15, -0.1) is 0 Å². The molecule has 0 aromatic heterocycles. The molecule has 3 N–H and O–H groups in total. The summed E-state index contributed by atoms with van der Waals surface area (Å²) in [6.45, 7) is 1.23. The number of amides is 1. The maximum Gasteiger partial charge on any atom is 0.340 e. The number of nitrogens with zero attached hydrogens (tertiary/aromatic N) is 1. The molecule has 1 atom stereocenters. The molecule has 7 heteroatoms. The molecule has 1 aromatic carbocycles. The molecular weight excluding hydrogens is 350 g/mol. The first-order valence-corrected chi connectivity index (χ1v) is 7.59.